The Labute approximate surface area is 184 Å². The standard InChI is InChI=1S/C24H24BrN3O2/c1-15-21(23(29)30-18-10-3-2-4-11-18)22(16-8-7-9-17(25)14-16)28-20-13-6-5-12-19(20)27-24(28)26-15/h5-9,12-14,18,22H,2-4,10-11H2,1H3,(H,26,27)/t22-/m0/s1. The van der Waals surface area contributed by atoms with E-state index in [1.807, 2.05) is 43.3 Å². The summed E-state index contributed by atoms with van der Waals surface area (Å²) in [6.45, 7) is 1.94. The predicted molar refractivity (Wildman–Crippen MR) is 121 cm³/mol. The summed E-state index contributed by atoms with van der Waals surface area (Å²) in [5.41, 5.74) is 4.35. The van der Waals surface area contributed by atoms with E-state index in [1.165, 1.54) is 6.42 Å². The fourth-order valence-electron chi connectivity index (χ4n) is 4.62. The second kappa shape index (κ2) is 7.91. The highest BCUT2D eigenvalue weighted by Gasteiger charge is 2.36. The molecule has 0 bridgehead atoms. The minimum absolute atomic E-state index is 0.00985. The molecule has 5 nitrogen and oxygen atoms in total. The third-order valence-corrected chi connectivity index (χ3v) is 6.53. The summed E-state index contributed by atoms with van der Waals surface area (Å²) in [6, 6.07) is 15.8. The highest BCUT2D eigenvalue weighted by molar-refractivity contribution is 9.10. The van der Waals surface area contributed by atoms with Crippen molar-refractivity contribution in [3.63, 3.8) is 0 Å². The van der Waals surface area contributed by atoms with Gasteiger partial charge in [-0.15, -0.1) is 0 Å². The molecule has 154 valence electrons. The molecule has 1 aliphatic carbocycles. The number of nitrogens with zero attached hydrogens (tertiary/aromatic N) is 2. The summed E-state index contributed by atoms with van der Waals surface area (Å²) in [4.78, 5) is 18.2. The maximum Gasteiger partial charge on any atom is 0.338 e. The smallest absolute Gasteiger partial charge is 0.338 e. The zero-order chi connectivity index (χ0) is 20.7. The number of esters is 1. The Balaban J connectivity index is 1.63. The molecule has 1 atom stereocenters. The lowest BCUT2D eigenvalue weighted by molar-refractivity contribution is -0.146. The molecule has 6 heteroatoms. The van der Waals surface area contributed by atoms with E-state index in [-0.39, 0.29) is 18.1 Å². The van der Waals surface area contributed by atoms with Crippen LogP contribution < -0.4 is 5.32 Å². The molecule has 5 rings (SSSR count). The molecule has 0 amide bonds. The first-order valence-electron chi connectivity index (χ1n) is 10.5. The SMILES string of the molecule is CC1=C(C(=O)OC2CCCCC2)[C@H](c2cccc(Br)c2)n2c(nc3ccccc32)N1. The van der Waals surface area contributed by atoms with Gasteiger partial charge in [0.2, 0.25) is 5.95 Å². The van der Waals surface area contributed by atoms with Crippen LogP contribution in [-0.2, 0) is 9.53 Å². The van der Waals surface area contributed by atoms with Gasteiger partial charge in [0.15, 0.2) is 0 Å². The molecule has 1 fully saturated rings. The number of imidazole rings is 1. The van der Waals surface area contributed by atoms with E-state index in [4.69, 9.17) is 9.72 Å². The van der Waals surface area contributed by atoms with E-state index in [0.29, 0.717) is 5.57 Å². The quantitative estimate of drug-likeness (QED) is 0.484. The summed E-state index contributed by atoms with van der Waals surface area (Å²) in [5.74, 6) is 0.508. The molecule has 1 saturated carbocycles. The number of benzene rings is 2. The van der Waals surface area contributed by atoms with Crippen molar-refractivity contribution in [2.24, 2.45) is 0 Å². The summed E-state index contributed by atoms with van der Waals surface area (Å²) in [7, 11) is 0. The maximum absolute atomic E-state index is 13.4. The summed E-state index contributed by atoms with van der Waals surface area (Å²) in [5, 5.41) is 3.35. The number of carbonyl (C=O) groups is 1. The van der Waals surface area contributed by atoms with Crippen LogP contribution in [0.25, 0.3) is 11.0 Å². The fourth-order valence-corrected chi connectivity index (χ4v) is 5.04. The molecule has 1 aromatic heterocycles. The Morgan fingerprint density at radius 3 is 2.73 bits per heavy atom. The Morgan fingerprint density at radius 2 is 1.93 bits per heavy atom. The van der Waals surface area contributed by atoms with Gasteiger partial charge in [-0.3, -0.25) is 4.57 Å². The van der Waals surface area contributed by atoms with Crippen molar-refractivity contribution in [2.45, 2.75) is 51.2 Å². The van der Waals surface area contributed by atoms with Gasteiger partial charge in [0, 0.05) is 10.2 Å². The van der Waals surface area contributed by atoms with Crippen molar-refractivity contribution in [1.82, 2.24) is 9.55 Å². The van der Waals surface area contributed by atoms with Gasteiger partial charge in [-0.2, -0.15) is 0 Å². The number of allylic oxidation sites excluding steroid dienone is 1. The van der Waals surface area contributed by atoms with E-state index in [2.05, 4.69) is 37.9 Å². The van der Waals surface area contributed by atoms with Crippen molar-refractivity contribution in [2.75, 3.05) is 5.32 Å². The number of hydrogen-bond acceptors (Lipinski definition) is 4. The second-order valence-electron chi connectivity index (χ2n) is 8.08. The lowest BCUT2D eigenvalue weighted by atomic mass is 9.94. The van der Waals surface area contributed by atoms with E-state index in [0.717, 1.165) is 58.4 Å². The van der Waals surface area contributed by atoms with Gasteiger partial charge < -0.3 is 10.1 Å². The van der Waals surface area contributed by atoms with Gasteiger partial charge in [0.25, 0.3) is 0 Å². The lowest BCUT2D eigenvalue weighted by Crippen LogP contribution is -2.31. The van der Waals surface area contributed by atoms with Crippen molar-refractivity contribution in [3.05, 3.63) is 69.8 Å². The molecule has 30 heavy (non-hydrogen) atoms. The highest BCUT2D eigenvalue weighted by Crippen LogP contribution is 2.40. The summed E-state index contributed by atoms with van der Waals surface area (Å²) in [6.07, 6.45) is 5.39. The number of aromatic nitrogens is 2. The van der Waals surface area contributed by atoms with E-state index >= 15 is 0 Å². The molecule has 2 heterocycles. The Bertz CT molecular complexity index is 1140. The van der Waals surface area contributed by atoms with Crippen LogP contribution in [0.2, 0.25) is 0 Å². The second-order valence-corrected chi connectivity index (χ2v) is 9.00. The molecule has 2 aromatic carbocycles. The third-order valence-electron chi connectivity index (χ3n) is 6.04. The van der Waals surface area contributed by atoms with Crippen LogP contribution in [0.15, 0.2) is 64.3 Å². The number of halogens is 1. The van der Waals surface area contributed by atoms with Gasteiger partial charge >= 0.3 is 5.97 Å². The summed E-state index contributed by atoms with van der Waals surface area (Å²) >= 11 is 3.59. The molecule has 1 aliphatic heterocycles. The number of rotatable bonds is 3. The molecule has 3 aromatic rings. The van der Waals surface area contributed by atoms with Crippen LogP contribution in [-0.4, -0.2) is 21.6 Å². The number of nitrogens with one attached hydrogen (secondary N) is 1. The number of ether oxygens (including phenoxy) is 1. The normalized spacial score (nSPS) is 19.5. The zero-order valence-electron chi connectivity index (χ0n) is 16.9. The molecule has 0 unspecified atom stereocenters. The van der Waals surface area contributed by atoms with Crippen molar-refractivity contribution in [3.8, 4) is 0 Å². The highest BCUT2D eigenvalue weighted by atomic mass is 79.9. The van der Waals surface area contributed by atoms with Gasteiger partial charge in [-0.05, 0) is 62.4 Å². The van der Waals surface area contributed by atoms with Crippen molar-refractivity contribution in [1.29, 1.82) is 0 Å². The minimum Gasteiger partial charge on any atom is -0.459 e. The Morgan fingerprint density at radius 1 is 1.13 bits per heavy atom. The van der Waals surface area contributed by atoms with Crippen LogP contribution in [0.5, 0.6) is 0 Å². The van der Waals surface area contributed by atoms with Crippen LogP contribution in [0, 0.1) is 0 Å². The minimum atomic E-state index is -0.303. The van der Waals surface area contributed by atoms with Crippen LogP contribution >= 0.6 is 15.9 Å². The topological polar surface area (TPSA) is 56.2 Å². The molecule has 0 spiro atoms. The maximum atomic E-state index is 13.4. The van der Waals surface area contributed by atoms with Gasteiger partial charge in [-0.1, -0.05) is 46.6 Å². The first-order valence-corrected chi connectivity index (χ1v) is 11.3. The number of hydrogen-bond donors (Lipinski definition) is 1. The fraction of sp³-hybridized carbons (Fsp3) is 0.333. The van der Waals surface area contributed by atoms with Gasteiger partial charge in [-0.25, -0.2) is 9.78 Å². The predicted octanol–water partition coefficient (Wildman–Crippen LogP) is 5.96. The van der Waals surface area contributed by atoms with E-state index in [9.17, 15) is 4.79 Å². The molecular formula is C24H24BrN3O2. The number of para-hydroxylation sites is 2. The molecule has 2 aliphatic rings. The average molecular weight is 466 g/mol. The van der Waals surface area contributed by atoms with Crippen LogP contribution in [0.1, 0.15) is 50.6 Å². The summed E-state index contributed by atoms with van der Waals surface area (Å²) < 4.78 is 9.09. The average Bonchev–Trinajstić information content (AvgIpc) is 3.11. The number of anilines is 1. The van der Waals surface area contributed by atoms with E-state index in [1.54, 1.807) is 0 Å². The van der Waals surface area contributed by atoms with Gasteiger partial charge in [0.05, 0.1) is 22.6 Å². The first-order chi connectivity index (χ1) is 14.6. The Kier molecular flexibility index (Phi) is 5.11. The molecule has 0 radical (unpaired) electrons. The largest absolute Gasteiger partial charge is 0.459 e. The van der Waals surface area contributed by atoms with Crippen LogP contribution in [0.4, 0.5) is 5.95 Å². The number of carbonyl (C=O) groups excluding carboxylic acids is 1. The van der Waals surface area contributed by atoms with Crippen LogP contribution in [0.3, 0.4) is 0 Å². The van der Waals surface area contributed by atoms with Gasteiger partial charge in [0.1, 0.15) is 6.10 Å². The Hall–Kier alpha value is -2.60. The molecule has 0 saturated heterocycles. The first kappa shape index (κ1) is 19.4. The molecular weight excluding hydrogens is 442 g/mol. The number of fused-ring (bicyclic) bond motifs is 3. The third kappa shape index (κ3) is 3.43. The monoisotopic (exact) mass is 465 g/mol. The molecule has 1 N–H and O–H groups in total. The van der Waals surface area contributed by atoms with Crippen molar-refractivity contribution < 1.29 is 9.53 Å². The lowest BCUT2D eigenvalue weighted by Gasteiger charge is -2.31. The van der Waals surface area contributed by atoms with Crippen molar-refractivity contribution >= 4 is 38.9 Å². The van der Waals surface area contributed by atoms with E-state index < -0.39 is 0 Å². The zero-order valence-corrected chi connectivity index (χ0v) is 18.5.